The Bertz CT molecular complexity index is 729. The van der Waals surface area contributed by atoms with Gasteiger partial charge in [0.1, 0.15) is 5.75 Å². The van der Waals surface area contributed by atoms with Crippen molar-refractivity contribution in [2.24, 2.45) is 0 Å². The Hall–Kier alpha value is -2.54. The number of aliphatic hydroxyl groups is 1. The lowest BCUT2D eigenvalue weighted by atomic mass is 10.1. The van der Waals surface area contributed by atoms with Crippen molar-refractivity contribution in [1.29, 1.82) is 0 Å². The van der Waals surface area contributed by atoms with Crippen molar-refractivity contribution in [3.05, 3.63) is 59.2 Å². The lowest BCUT2D eigenvalue weighted by Gasteiger charge is -2.11. The van der Waals surface area contributed by atoms with Crippen molar-refractivity contribution in [2.75, 3.05) is 12.4 Å². The highest BCUT2D eigenvalue weighted by Crippen LogP contribution is 2.29. The Morgan fingerprint density at radius 3 is 2.58 bits per heavy atom. The maximum Gasteiger partial charge on any atom is 0.416 e. The van der Waals surface area contributed by atoms with Gasteiger partial charge in [0.05, 0.1) is 25.7 Å². The van der Waals surface area contributed by atoms with Crippen LogP contribution in [0.15, 0.2) is 42.5 Å². The lowest BCUT2D eigenvalue weighted by Crippen LogP contribution is -2.15. The second-order valence-electron chi connectivity index (χ2n) is 5.11. The summed E-state index contributed by atoms with van der Waals surface area (Å²) in [6, 6.07) is 9.35. The van der Waals surface area contributed by atoms with Gasteiger partial charge in [0.25, 0.3) is 0 Å². The molecular weight excluding hydrogens is 323 g/mol. The molecule has 0 saturated heterocycles. The van der Waals surface area contributed by atoms with E-state index in [2.05, 4.69) is 5.32 Å². The quantitative estimate of drug-likeness (QED) is 0.878. The minimum atomic E-state index is -4.45. The van der Waals surface area contributed by atoms with E-state index in [9.17, 15) is 23.1 Å². The van der Waals surface area contributed by atoms with E-state index >= 15 is 0 Å². The third-order valence-electron chi connectivity index (χ3n) is 3.35. The highest BCUT2D eigenvalue weighted by molar-refractivity contribution is 5.92. The van der Waals surface area contributed by atoms with Gasteiger partial charge in [-0.05, 0) is 29.8 Å². The number of nitrogens with one attached hydrogen (secondary N) is 1. The molecule has 2 aromatic carbocycles. The molecule has 0 saturated carbocycles. The molecule has 128 valence electrons. The molecule has 0 aromatic heterocycles. The summed E-state index contributed by atoms with van der Waals surface area (Å²) in [6.45, 7) is -0.263. The van der Waals surface area contributed by atoms with Crippen molar-refractivity contribution >= 4 is 11.6 Å². The van der Waals surface area contributed by atoms with Crippen molar-refractivity contribution in [3.8, 4) is 5.75 Å². The number of amides is 1. The fraction of sp³-hybridized carbons (Fsp3) is 0.235. The first-order valence-electron chi connectivity index (χ1n) is 7.07. The Morgan fingerprint density at radius 1 is 1.21 bits per heavy atom. The van der Waals surface area contributed by atoms with Gasteiger partial charge in [-0.15, -0.1) is 0 Å². The molecule has 7 heteroatoms. The summed E-state index contributed by atoms with van der Waals surface area (Å²) in [6.07, 6.45) is -4.64. The van der Waals surface area contributed by atoms with Gasteiger partial charge in [-0.25, -0.2) is 0 Å². The molecule has 2 aromatic rings. The fourth-order valence-corrected chi connectivity index (χ4v) is 2.23. The van der Waals surface area contributed by atoms with Gasteiger partial charge in [0.15, 0.2) is 0 Å². The first kappa shape index (κ1) is 17.8. The second kappa shape index (κ2) is 7.35. The zero-order valence-electron chi connectivity index (χ0n) is 12.9. The molecule has 0 aliphatic carbocycles. The number of ether oxygens (including phenoxy) is 1. The highest BCUT2D eigenvalue weighted by Gasteiger charge is 2.30. The molecule has 24 heavy (non-hydrogen) atoms. The molecule has 0 fully saturated rings. The second-order valence-corrected chi connectivity index (χ2v) is 5.11. The van der Waals surface area contributed by atoms with E-state index in [4.69, 9.17) is 4.74 Å². The average molecular weight is 339 g/mol. The van der Waals surface area contributed by atoms with Crippen LogP contribution in [0.25, 0.3) is 0 Å². The average Bonchev–Trinajstić information content (AvgIpc) is 2.54. The van der Waals surface area contributed by atoms with E-state index in [1.807, 2.05) is 0 Å². The number of aliphatic hydroxyl groups excluding tert-OH is 1. The van der Waals surface area contributed by atoms with Crippen LogP contribution in [0.5, 0.6) is 5.75 Å². The molecule has 4 nitrogen and oxygen atoms in total. The van der Waals surface area contributed by atoms with E-state index in [0.717, 1.165) is 12.1 Å². The number of halogens is 3. The minimum Gasteiger partial charge on any atom is -0.496 e. The van der Waals surface area contributed by atoms with Crippen LogP contribution in [0.3, 0.4) is 0 Å². The van der Waals surface area contributed by atoms with Crippen molar-refractivity contribution < 1.29 is 27.8 Å². The summed E-state index contributed by atoms with van der Waals surface area (Å²) >= 11 is 0. The zero-order valence-corrected chi connectivity index (χ0v) is 12.9. The summed E-state index contributed by atoms with van der Waals surface area (Å²) in [5.41, 5.74) is 0.393. The van der Waals surface area contributed by atoms with Crippen molar-refractivity contribution in [1.82, 2.24) is 0 Å². The molecule has 0 unspecified atom stereocenters. The van der Waals surface area contributed by atoms with Crippen molar-refractivity contribution in [2.45, 2.75) is 19.2 Å². The SMILES string of the molecule is COc1ccc(NC(=O)Cc2cccc(C(F)(F)F)c2)cc1CO. The first-order valence-corrected chi connectivity index (χ1v) is 7.07. The van der Waals surface area contributed by atoms with Crippen LogP contribution in [0, 0.1) is 0 Å². The van der Waals surface area contributed by atoms with Crippen LogP contribution >= 0.6 is 0 Å². The maximum atomic E-state index is 12.7. The first-order chi connectivity index (χ1) is 11.3. The predicted octanol–water partition coefficient (Wildman–Crippen LogP) is 3.39. The minimum absolute atomic E-state index is 0.190. The Morgan fingerprint density at radius 2 is 1.96 bits per heavy atom. The van der Waals surface area contributed by atoms with Crippen LogP contribution in [-0.2, 0) is 24.0 Å². The number of alkyl halides is 3. The van der Waals surface area contributed by atoms with Gasteiger partial charge in [-0.2, -0.15) is 13.2 Å². The van der Waals surface area contributed by atoms with Gasteiger partial charge in [0.2, 0.25) is 5.91 Å². The largest absolute Gasteiger partial charge is 0.496 e. The number of anilines is 1. The molecule has 2 N–H and O–H groups in total. The summed E-state index contributed by atoms with van der Waals surface area (Å²) in [7, 11) is 1.46. The molecule has 0 radical (unpaired) electrons. The predicted molar refractivity (Wildman–Crippen MR) is 82.7 cm³/mol. The van der Waals surface area contributed by atoms with E-state index in [1.54, 1.807) is 18.2 Å². The molecule has 0 heterocycles. The lowest BCUT2D eigenvalue weighted by molar-refractivity contribution is -0.137. The zero-order chi connectivity index (χ0) is 17.7. The fourth-order valence-electron chi connectivity index (χ4n) is 2.23. The van der Waals surface area contributed by atoms with Gasteiger partial charge in [-0.3, -0.25) is 4.79 Å². The third-order valence-corrected chi connectivity index (χ3v) is 3.35. The molecule has 2 rings (SSSR count). The number of hydrogen-bond acceptors (Lipinski definition) is 3. The summed E-state index contributed by atoms with van der Waals surface area (Å²) < 4.78 is 43.1. The highest BCUT2D eigenvalue weighted by atomic mass is 19.4. The molecule has 0 atom stereocenters. The number of carbonyl (C=O) groups is 1. The summed E-state index contributed by atoms with van der Waals surface area (Å²) in [4.78, 5) is 12.0. The number of hydrogen-bond donors (Lipinski definition) is 2. The van der Waals surface area contributed by atoms with Crippen LogP contribution in [-0.4, -0.2) is 18.1 Å². The number of carbonyl (C=O) groups excluding carboxylic acids is 1. The van der Waals surface area contributed by atoms with Crippen LogP contribution in [0.4, 0.5) is 18.9 Å². The number of rotatable bonds is 5. The van der Waals surface area contributed by atoms with Crippen molar-refractivity contribution in [3.63, 3.8) is 0 Å². The summed E-state index contributed by atoms with van der Waals surface area (Å²) in [5.74, 6) is 0.0248. The monoisotopic (exact) mass is 339 g/mol. The van der Waals surface area contributed by atoms with Gasteiger partial charge < -0.3 is 15.2 Å². The Kier molecular flexibility index (Phi) is 5.46. The standard InChI is InChI=1S/C17H16F3NO3/c1-24-15-6-5-14(9-12(15)10-22)21-16(23)8-11-3-2-4-13(7-11)17(18,19)20/h2-7,9,22H,8,10H2,1H3,(H,21,23). The van der Waals surface area contributed by atoms with E-state index < -0.39 is 17.6 Å². The normalized spacial score (nSPS) is 11.2. The van der Waals surface area contributed by atoms with E-state index in [1.165, 1.54) is 19.2 Å². The Labute approximate surface area is 136 Å². The van der Waals surface area contributed by atoms with E-state index in [0.29, 0.717) is 17.0 Å². The maximum absolute atomic E-state index is 12.7. The molecule has 0 spiro atoms. The number of benzene rings is 2. The third kappa shape index (κ3) is 4.48. The molecule has 1 amide bonds. The van der Waals surface area contributed by atoms with Crippen LogP contribution in [0.2, 0.25) is 0 Å². The van der Waals surface area contributed by atoms with Crippen LogP contribution < -0.4 is 10.1 Å². The topological polar surface area (TPSA) is 58.6 Å². The smallest absolute Gasteiger partial charge is 0.416 e. The van der Waals surface area contributed by atoms with Crippen LogP contribution in [0.1, 0.15) is 16.7 Å². The Balaban J connectivity index is 2.09. The number of methoxy groups -OCH3 is 1. The van der Waals surface area contributed by atoms with Gasteiger partial charge in [0, 0.05) is 11.3 Å². The van der Waals surface area contributed by atoms with E-state index in [-0.39, 0.29) is 18.6 Å². The summed E-state index contributed by atoms with van der Waals surface area (Å²) in [5, 5.41) is 11.8. The van der Waals surface area contributed by atoms with Gasteiger partial charge >= 0.3 is 6.18 Å². The molecule has 0 bridgehead atoms. The molecule has 0 aliphatic heterocycles. The molecule has 0 aliphatic rings. The molecular formula is C17H16F3NO3. The van der Waals surface area contributed by atoms with Gasteiger partial charge in [-0.1, -0.05) is 18.2 Å².